The highest BCUT2D eigenvalue weighted by atomic mass is 32.2. The lowest BCUT2D eigenvalue weighted by Gasteiger charge is -2.08. The van der Waals surface area contributed by atoms with Crippen molar-refractivity contribution in [3.63, 3.8) is 0 Å². The first-order chi connectivity index (χ1) is 13.1. The monoisotopic (exact) mass is 374 g/mol. The number of aryl methyl sites for hydroxylation is 2. The molecule has 0 saturated heterocycles. The van der Waals surface area contributed by atoms with E-state index in [4.69, 9.17) is 0 Å². The topological polar surface area (TPSA) is 70.7 Å². The number of hydrogen-bond donors (Lipinski definition) is 2. The Hall–Kier alpha value is -3.12. The van der Waals surface area contributed by atoms with Crippen molar-refractivity contribution in [3.05, 3.63) is 77.4 Å². The second kappa shape index (κ2) is 7.25. The number of nitrogens with one attached hydrogen (secondary N) is 2. The molecule has 0 saturated carbocycles. The molecule has 1 heterocycles. The Labute approximate surface area is 161 Å². The van der Waals surface area contributed by atoms with E-state index in [0.29, 0.717) is 11.1 Å². The van der Waals surface area contributed by atoms with Crippen LogP contribution in [0, 0.1) is 13.8 Å². The van der Waals surface area contributed by atoms with Gasteiger partial charge in [-0.05, 0) is 79.6 Å². The molecule has 0 atom stereocenters. The van der Waals surface area contributed by atoms with Crippen molar-refractivity contribution in [2.75, 3.05) is 5.32 Å². The summed E-state index contributed by atoms with van der Waals surface area (Å²) in [7, 11) is 0. The Morgan fingerprint density at radius 3 is 2.37 bits per heavy atom. The lowest BCUT2D eigenvalue weighted by molar-refractivity contribution is 0.102. The van der Waals surface area contributed by atoms with Gasteiger partial charge in [0.1, 0.15) is 11.0 Å². The van der Waals surface area contributed by atoms with Crippen molar-refractivity contribution in [2.24, 2.45) is 0 Å². The molecule has 0 spiro atoms. The molecule has 0 radical (unpaired) electrons. The second-order valence-corrected chi connectivity index (χ2v) is 7.50. The van der Waals surface area contributed by atoms with Crippen LogP contribution in [0.25, 0.3) is 11.0 Å². The summed E-state index contributed by atoms with van der Waals surface area (Å²) in [6.07, 6.45) is 0. The van der Waals surface area contributed by atoms with Crippen LogP contribution in [0.2, 0.25) is 0 Å². The summed E-state index contributed by atoms with van der Waals surface area (Å²) in [4.78, 5) is 14.8. The summed E-state index contributed by atoms with van der Waals surface area (Å²) in [6, 6.07) is 19.5. The predicted octanol–water partition coefficient (Wildman–Crippen LogP) is 4.98. The molecule has 0 aliphatic rings. The molecule has 5 nitrogen and oxygen atoms in total. The van der Waals surface area contributed by atoms with E-state index >= 15 is 0 Å². The smallest absolute Gasteiger partial charge is 0.255 e. The summed E-state index contributed by atoms with van der Waals surface area (Å²) in [5.41, 5.74) is 5.28. The normalized spacial score (nSPS) is 10.9. The third kappa shape index (κ3) is 3.85. The van der Waals surface area contributed by atoms with E-state index in [9.17, 15) is 4.79 Å². The molecule has 27 heavy (non-hydrogen) atoms. The van der Waals surface area contributed by atoms with Crippen LogP contribution in [-0.4, -0.2) is 21.3 Å². The quantitative estimate of drug-likeness (QED) is 0.529. The van der Waals surface area contributed by atoms with Crippen molar-refractivity contribution in [2.45, 2.75) is 23.6 Å². The predicted molar refractivity (Wildman–Crippen MR) is 108 cm³/mol. The average Bonchev–Trinajstić information content (AvgIpc) is 3.14. The number of rotatable bonds is 4. The van der Waals surface area contributed by atoms with Crippen LogP contribution in [0.1, 0.15) is 21.5 Å². The van der Waals surface area contributed by atoms with E-state index in [0.717, 1.165) is 16.1 Å². The number of aromatic amines is 1. The first kappa shape index (κ1) is 17.3. The number of fused-ring (bicyclic) bond motifs is 1. The molecule has 4 aromatic rings. The van der Waals surface area contributed by atoms with E-state index in [1.165, 1.54) is 16.0 Å². The summed E-state index contributed by atoms with van der Waals surface area (Å²) < 4.78 is 0. The molecule has 0 aliphatic heterocycles. The minimum Gasteiger partial charge on any atom is -0.322 e. The van der Waals surface area contributed by atoms with Gasteiger partial charge in [-0.3, -0.25) is 4.79 Å². The standard InChI is InChI=1S/C21H18N4OS/c1-13-3-7-18(11-14(13)2)27-17-8-5-16(6-9-17)22-21(26)15-4-10-19-20(12-15)24-25-23-19/h3-12H,1-2H3,(H,22,26)(H,23,24,25). The average molecular weight is 374 g/mol. The minimum absolute atomic E-state index is 0.172. The lowest BCUT2D eigenvalue weighted by atomic mass is 10.1. The third-order valence-corrected chi connectivity index (χ3v) is 5.40. The fraction of sp³-hybridized carbons (Fsp3) is 0.0952. The number of hydrogen-bond acceptors (Lipinski definition) is 4. The molecular formula is C21H18N4OS. The van der Waals surface area contributed by atoms with Crippen molar-refractivity contribution < 1.29 is 4.79 Å². The van der Waals surface area contributed by atoms with Gasteiger partial charge in [0.2, 0.25) is 0 Å². The van der Waals surface area contributed by atoms with Gasteiger partial charge in [-0.2, -0.15) is 15.4 Å². The number of aromatic nitrogens is 3. The van der Waals surface area contributed by atoms with Gasteiger partial charge in [-0.15, -0.1) is 0 Å². The first-order valence-electron chi connectivity index (χ1n) is 8.55. The Morgan fingerprint density at radius 1 is 0.852 bits per heavy atom. The van der Waals surface area contributed by atoms with Crippen molar-refractivity contribution in [1.29, 1.82) is 0 Å². The fourth-order valence-corrected chi connectivity index (χ4v) is 3.62. The zero-order valence-corrected chi connectivity index (χ0v) is 15.8. The zero-order chi connectivity index (χ0) is 18.8. The number of carbonyl (C=O) groups excluding carboxylic acids is 1. The van der Waals surface area contributed by atoms with Crippen LogP contribution in [0.3, 0.4) is 0 Å². The maximum atomic E-state index is 12.5. The molecule has 0 aliphatic carbocycles. The number of benzene rings is 3. The molecule has 134 valence electrons. The Bertz CT molecular complexity index is 1120. The first-order valence-corrected chi connectivity index (χ1v) is 9.37. The maximum absolute atomic E-state index is 12.5. The SMILES string of the molecule is Cc1ccc(Sc2ccc(NC(=O)c3ccc4n[nH]nc4c3)cc2)cc1C. The largest absolute Gasteiger partial charge is 0.322 e. The van der Waals surface area contributed by atoms with Crippen LogP contribution in [0.4, 0.5) is 5.69 Å². The van der Waals surface area contributed by atoms with Gasteiger partial charge in [-0.25, -0.2) is 0 Å². The summed E-state index contributed by atoms with van der Waals surface area (Å²) >= 11 is 1.71. The third-order valence-electron chi connectivity index (χ3n) is 4.40. The molecule has 0 bridgehead atoms. The Balaban J connectivity index is 1.45. The highest BCUT2D eigenvalue weighted by Gasteiger charge is 2.09. The van der Waals surface area contributed by atoms with E-state index < -0.39 is 0 Å². The summed E-state index contributed by atoms with van der Waals surface area (Å²) in [5, 5.41) is 13.5. The number of anilines is 1. The van der Waals surface area contributed by atoms with Crippen LogP contribution in [-0.2, 0) is 0 Å². The highest BCUT2D eigenvalue weighted by molar-refractivity contribution is 7.99. The van der Waals surface area contributed by atoms with E-state index in [-0.39, 0.29) is 5.91 Å². The van der Waals surface area contributed by atoms with E-state index in [2.05, 4.69) is 52.8 Å². The summed E-state index contributed by atoms with van der Waals surface area (Å²) in [6.45, 7) is 4.23. The minimum atomic E-state index is -0.172. The Kier molecular flexibility index (Phi) is 4.64. The van der Waals surface area contributed by atoms with Gasteiger partial charge in [-0.1, -0.05) is 17.8 Å². The fourth-order valence-electron chi connectivity index (χ4n) is 2.70. The highest BCUT2D eigenvalue weighted by Crippen LogP contribution is 2.30. The van der Waals surface area contributed by atoms with Crippen LogP contribution in [0.15, 0.2) is 70.5 Å². The van der Waals surface area contributed by atoms with Gasteiger partial charge in [0.15, 0.2) is 0 Å². The van der Waals surface area contributed by atoms with Crippen molar-refractivity contribution in [3.8, 4) is 0 Å². The molecular weight excluding hydrogens is 356 g/mol. The lowest BCUT2D eigenvalue weighted by Crippen LogP contribution is -2.11. The van der Waals surface area contributed by atoms with Gasteiger partial charge >= 0.3 is 0 Å². The van der Waals surface area contributed by atoms with Crippen LogP contribution >= 0.6 is 11.8 Å². The van der Waals surface area contributed by atoms with Crippen molar-refractivity contribution in [1.82, 2.24) is 15.4 Å². The number of nitrogens with zero attached hydrogens (tertiary/aromatic N) is 2. The van der Waals surface area contributed by atoms with Gasteiger partial charge in [0, 0.05) is 21.0 Å². The molecule has 1 aromatic heterocycles. The van der Waals surface area contributed by atoms with Crippen molar-refractivity contribution >= 4 is 34.4 Å². The Morgan fingerprint density at radius 2 is 1.59 bits per heavy atom. The molecule has 2 N–H and O–H groups in total. The molecule has 4 rings (SSSR count). The molecule has 1 amide bonds. The molecule has 0 fully saturated rings. The molecule has 3 aromatic carbocycles. The maximum Gasteiger partial charge on any atom is 0.255 e. The molecule has 6 heteroatoms. The van der Waals surface area contributed by atoms with Crippen LogP contribution < -0.4 is 5.32 Å². The van der Waals surface area contributed by atoms with Gasteiger partial charge in [0.25, 0.3) is 5.91 Å². The number of carbonyl (C=O) groups is 1. The van der Waals surface area contributed by atoms with E-state index in [1.54, 1.807) is 30.0 Å². The summed E-state index contributed by atoms with van der Waals surface area (Å²) in [5.74, 6) is -0.172. The number of H-pyrrole nitrogens is 1. The van der Waals surface area contributed by atoms with E-state index in [1.807, 2.05) is 24.3 Å². The second-order valence-electron chi connectivity index (χ2n) is 6.35. The van der Waals surface area contributed by atoms with Gasteiger partial charge < -0.3 is 5.32 Å². The van der Waals surface area contributed by atoms with Crippen LogP contribution in [0.5, 0.6) is 0 Å². The molecule has 0 unspecified atom stereocenters. The number of amides is 1. The van der Waals surface area contributed by atoms with Gasteiger partial charge in [0.05, 0.1) is 0 Å². The zero-order valence-electron chi connectivity index (χ0n) is 15.0.